The Morgan fingerprint density at radius 1 is 1.15 bits per heavy atom. The molecule has 0 aromatic carbocycles. The average molecular weight is 320 g/mol. The first-order chi connectivity index (χ1) is 9.56. The zero-order chi connectivity index (χ0) is 14.8. The third-order valence-corrected chi connectivity index (χ3v) is 6.56. The lowest BCUT2D eigenvalue weighted by Crippen LogP contribution is -2.16. The molecular weight excluding hydrogens is 296 g/mol. The molecule has 116 valence electrons. The summed E-state index contributed by atoms with van der Waals surface area (Å²) in [5.41, 5.74) is 0. The fourth-order valence-electron chi connectivity index (χ4n) is 1.93. The van der Waals surface area contributed by atoms with Crippen LogP contribution in [0.1, 0.15) is 58.8 Å². The first-order valence-electron chi connectivity index (χ1n) is 7.17. The van der Waals surface area contributed by atoms with Gasteiger partial charge in [0.05, 0.1) is 0 Å². The molecule has 1 aliphatic rings. The Morgan fingerprint density at radius 3 is 2.45 bits per heavy atom. The van der Waals surface area contributed by atoms with Crippen molar-refractivity contribution in [2.75, 3.05) is 12.5 Å². The van der Waals surface area contributed by atoms with E-state index in [-0.39, 0.29) is 18.7 Å². The van der Waals surface area contributed by atoms with Gasteiger partial charge in [0.15, 0.2) is 0 Å². The van der Waals surface area contributed by atoms with Crippen molar-refractivity contribution in [2.45, 2.75) is 63.5 Å². The zero-order valence-corrected chi connectivity index (χ0v) is 13.9. The minimum absolute atomic E-state index is 0.248. The number of esters is 2. The van der Waals surface area contributed by atoms with E-state index >= 15 is 0 Å². The van der Waals surface area contributed by atoms with Crippen LogP contribution in [0.15, 0.2) is 0 Å². The van der Waals surface area contributed by atoms with Gasteiger partial charge < -0.3 is 9.47 Å². The van der Waals surface area contributed by atoms with Crippen LogP contribution in [0.3, 0.4) is 0 Å². The van der Waals surface area contributed by atoms with Gasteiger partial charge >= 0.3 is 11.9 Å². The summed E-state index contributed by atoms with van der Waals surface area (Å²) in [5.74, 6) is 0.628. The summed E-state index contributed by atoms with van der Waals surface area (Å²) >= 11 is 0. The molecule has 0 aromatic heterocycles. The standard InChI is InChI=1S/C14H24O4S2/c1-3-6-12(15)17-11-18-13(16)7-4-5-8-14(2)9-10-19-20-14/h3-11H2,1-2H3. The second-order valence-corrected chi connectivity index (χ2v) is 8.22. The van der Waals surface area contributed by atoms with Crippen LogP contribution in [0, 0.1) is 0 Å². The minimum atomic E-state index is -0.316. The normalized spacial score (nSPS) is 21.7. The van der Waals surface area contributed by atoms with Gasteiger partial charge in [-0.25, -0.2) is 0 Å². The van der Waals surface area contributed by atoms with Gasteiger partial charge in [-0.1, -0.05) is 34.9 Å². The lowest BCUT2D eigenvalue weighted by molar-refractivity contribution is -0.167. The summed E-state index contributed by atoms with van der Waals surface area (Å²) < 4.78 is 10.0. The van der Waals surface area contributed by atoms with E-state index in [0.717, 1.165) is 25.7 Å². The summed E-state index contributed by atoms with van der Waals surface area (Å²) in [5, 5.41) is 0. The van der Waals surface area contributed by atoms with Crippen molar-refractivity contribution in [1.82, 2.24) is 0 Å². The maximum atomic E-state index is 11.4. The van der Waals surface area contributed by atoms with Crippen LogP contribution in [0.25, 0.3) is 0 Å². The molecule has 0 aliphatic carbocycles. The Bertz CT molecular complexity index is 314. The van der Waals surface area contributed by atoms with Crippen LogP contribution in [0.2, 0.25) is 0 Å². The maximum absolute atomic E-state index is 11.4. The molecule has 0 radical (unpaired) electrons. The summed E-state index contributed by atoms with van der Waals surface area (Å²) in [6, 6.07) is 0. The zero-order valence-electron chi connectivity index (χ0n) is 12.3. The molecular formula is C14H24O4S2. The molecule has 0 spiro atoms. The molecule has 6 heteroatoms. The first-order valence-corrected chi connectivity index (χ1v) is 9.49. The van der Waals surface area contributed by atoms with Crippen LogP contribution >= 0.6 is 21.6 Å². The van der Waals surface area contributed by atoms with Gasteiger partial charge in [0.25, 0.3) is 0 Å². The summed E-state index contributed by atoms with van der Waals surface area (Å²) in [6.45, 7) is 3.94. The van der Waals surface area contributed by atoms with E-state index in [2.05, 4.69) is 6.92 Å². The lowest BCUT2D eigenvalue weighted by Gasteiger charge is -2.20. The number of unbranched alkanes of at least 4 members (excludes halogenated alkanes) is 1. The molecule has 1 aliphatic heterocycles. The van der Waals surface area contributed by atoms with E-state index < -0.39 is 0 Å². The van der Waals surface area contributed by atoms with Crippen molar-refractivity contribution in [3.05, 3.63) is 0 Å². The Labute approximate surface area is 129 Å². The number of ether oxygens (including phenoxy) is 2. The fraction of sp³-hybridized carbons (Fsp3) is 0.857. The van der Waals surface area contributed by atoms with E-state index in [9.17, 15) is 9.59 Å². The highest BCUT2D eigenvalue weighted by molar-refractivity contribution is 8.77. The first kappa shape index (κ1) is 17.7. The second-order valence-electron chi connectivity index (χ2n) is 5.21. The number of hydrogen-bond donors (Lipinski definition) is 0. The van der Waals surface area contributed by atoms with E-state index in [0.29, 0.717) is 17.6 Å². The third-order valence-electron chi connectivity index (χ3n) is 3.20. The molecule has 0 saturated carbocycles. The molecule has 0 N–H and O–H groups in total. The Morgan fingerprint density at radius 2 is 1.85 bits per heavy atom. The van der Waals surface area contributed by atoms with Crippen molar-refractivity contribution >= 4 is 33.5 Å². The van der Waals surface area contributed by atoms with Gasteiger partial charge in [0, 0.05) is 23.3 Å². The molecule has 0 amide bonds. The van der Waals surface area contributed by atoms with Crippen LogP contribution in [-0.2, 0) is 19.1 Å². The van der Waals surface area contributed by atoms with Gasteiger partial charge in [0.1, 0.15) is 0 Å². The molecule has 1 fully saturated rings. The molecule has 1 rings (SSSR count). The molecule has 1 atom stereocenters. The highest BCUT2D eigenvalue weighted by Gasteiger charge is 2.29. The second kappa shape index (κ2) is 9.55. The number of carbonyl (C=O) groups is 2. The molecule has 4 nitrogen and oxygen atoms in total. The summed E-state index contributed by atoms with van der Waals surface area (Å²) in [6.07, 6.45) is 5.77. The largest absolute Gasteiger partial charge is 0.428 e. The summed E-state index contributed by atoms with van der Waals surface area (Å²) in [7, 11) is 3.91. The molecule has 0 bridgehead atoms. The Kier molecular flexibility index (Phi) is 8.45. The fourth-order valence-corrected chi connectivity index (χ4v) is 5.23. The van der Waals surface area contributed by atoms with E-state index in [1.807, 2.05) is 28.5 Å². The van der Waals surface area contributed by atoms with Crippen LogP contribution in [0.5, 0.6) is 0 Å². The lowest BCUT2D eigenvalue weighted by atomic mass is 9.99. The van der Waals surface area contributed by atoms with Crippen LogP contribution < -0.4 is 0 Å². The molecule has 1 saturated heterocycles. The van der Waals surface area contributed by atoms with Crippen molar-refractivity contribution < 1.29 is 19.1 Å². The predicted octanol–water partition coefficient (Wildman–Crippen LogP) is 3.93. The van der Waals surface area contributed by atoms with E-state index in [1.165, 1.54) is 12.2 Å². The van der Waals surface area contributed by atoms with Gasteiger partial charge in [0.2, 0.25) is 6.79 Å². The monoisotopic (exact) mass is 320 g/mol. The number of carbonyl (C=O) groups excluding carboxylic acids is 2. The van der Waals surface area contributed by atoms with E-state index in [1.54, 1.807) is 0 Å². The Balaban J connectivity index is 1.98. The van der Waals surface area contributed by atoms with Crippen LogP contribution in [0.4, 0.5) is 0 Å². The highest BCUT2D eigenvalue weighted by Crippen LogP contribution is 2.49. The van der Waals surface area contributed by atoms with Crippen molar-refractivity contribution in [1.29, 1.82) is 0 Å². The minimum Gasteiger partial charge on any atom is -0.428 e. The quantitative estimate of drug-likeness (QED) is 0.278. The Hall–Kier alpha value is -0.360. The van der Waals surface area contributed by atoms with Gasteiger partial charge in [-0.15, -0.1) is 0 Å². The van der Waals surface area contributed by atoms with Crippen LogP contribution in [-0.4, -0.2) is 29.2 Å². The van der Waals surface area contributed by atoms with E-state index in [4.69, 9.17) is 9.47 Å². The third kappa shape index (κ3) is 7.43. The molecule has 20 heavy (non-hydrogen) atoms. The topological polar surface area (TPSA) is 52.6 Å². The maximum Gasteiger partial charge on any atom is 0.308 e. The molecule has 1 unspecified atom stereocenters. The average Bonchev–Trinajstić information content (AvgIpc) is 2.82. The molecule has 0 aromatic rings. The van der Waals surface area contributed by atoms with Crippen molar-refractivity contribution in [3.8, 4) is 0 Å². The van der Waals surface area contributed by atoms with Gasteiger partial charge in [-0.2, -0.15) is 0 Å². The van der Waals surface area contributed by atoms with Crippen molar-refractivity contribution in [2.24, 2.45) is 0 Å². The number of rotatable bonds is 9. The number of hydrogen-bond acceptors (Lipinski definition) is 6. The molecule has 1 heterocycles. The summed E-state index contributed by atoms with van der Waals surface area (Å²) in [4.78, 5) is 22.5. The highest BCUT2D eigenvalue weighted by atomic mass is 33.1. The van der Waals surface area contributed by atoms with Gasteiger partial charge in [-0.05, 0) is 32.6 Å². The van der Waals surface area contributed by atoms with Gasteiger partial charge in [-0.3, -0.25) is 9.59 Å². The smallest absolute Gasteiger partial charge is 0.308 e. The SMILES string of the molecule is CCCC(=O)OCOC(=O)CCCCC1(C)CCSS1. The van der Waals surface area contributed by atoms with Crippen molar-refractivity contribution in [3.63, 3.8) is 0 Å². The predicted molar refractivity (Wildman–Crippen MR) is 83.5 cm³/mol.